The van der Waals surface area contributed by atoms with Crippen LogP contribution < -0.4 is 0 Å². The van der Waals surface area contributed by atoms with E-state index in [1.165, 1.54) is 57.8 Å². The second kappa shape index (κ2) is 9.50. The van der Waals surface area contributed by atoms with Crippen molar-refractivity contribution in [2.45, 2.75) is 70.8 Å². The molecule has 0 aromatic carbocycles. The number of unbranched alkanes of at least 4 members (excludes halogenated alkanes) is 7. The van der Waals surface area contributed by atoms with Gasteiger partial charge in [0.05, 0.1) is 6.26 Å². The lowest BCUT2D eigenvalue weighted by Crippen LogP contribution is -2.07. The molecule has 0 spiro atoms. The topological polar surface area (TPSA) is 9.23 Å². The van der Waals surface area contributed by atoms with Crippen LogP contribution in [0.15, 0.2) is 24.5 Å². The average molecular weight is 222 g/mol. The molecule has 0 amide bonds. The minimum atomic E-state index is 0.338. The number of allylic oxidation sites excluding steroid dienone is 2. The fraction of sp³-hybridized carbons (Fsp3) is 0.733. The maximum absolute atomic E-state index is 5.47. The van der Waals surface area contributed by atoms with Gasteiger partial charge in [0.25, 0.3) is 0 Å². The molecular weight excluding hydrogens is 196 g/mol. The summed E-state index contributed by atoms with van der Waals surface area (Å²) in [6.45, 7) is 2.27. The molecule has 1 aliphatic rings. The molecule has 0 fully saturated rings. The van der Waals surface area contributed by atoms with Crippen LogP contribution >= 0.6 is 0 Å². The lowest BCUT2D eigenvalue weighted by Gasteiger charge is -2.14. The lowest BCUT2D eigenvalue weighted by molar-refractivity contribution is 0.170. The maximum Gasteiger partial charge on any atom is 0.116 e. The van der Waals surface area contributed by atoms with Crippen LogP contribution in [-0.4, -0.2) is 6.10 Å². The Hall–Kier alpha value is -0.720. The molecule has 1 unspecified atom stereocenters. The molecule has 0 radical (unpaired) electrons. The third-order valence-electron chi connectivity index (χ3n) is 3.11. The molecule has 1 heteroatoms. The first-order valence-corrected chi connectivity index (χ1v) is 6.92. The molecular formula is C15H26O. The van der Waals surface area contributed by atoms with Crippen molar-refractivity contribution < 1.29 is 4.74 Å². The molecule has 0 bridgehead atoms. The van der Waals surface area contributed by atoms with E-state index in [9.17, 15) is 0 Å². The quantitative estimate of drug-likeness (QED) is 0.500. The van der Waals surface area contributed by atoms with Crippen LogP contribution in [0.1, 0.15) is 64.7 Å². The summed E-state index contributed by atoms with van der Waals surface area (Å²) in [7, 11) is 0. The summed E-state index contributed by atoms with van der Waals surface area (Å²) >= 11 is 0. The van der Waals surface area contributed by atoms with E-state index in [0.29, 0.717) is 6.10 Å². The first-order chi connectivity index (χ1) is 7.93. The van der Waals surface area contributed by atoms with Crippen molar-refractivity contribution >= 4 is 0 Å². The zero-order chi connectivity index (χ0) is 11.5. The lowest BCUT2D eigenvalue weighted by atomic mass is 10.1. The highest BCUT2D eigenvalue weighted by atomic mass is 16.5. The predicted molar refractivity (Wildman–Crippen MR) is 70.4 cm³/mol. The molecule has 1 rings (SSSR count). The second-order valence-electron chi connectivity index (χ2n) is 4.65. The molecule has 0 saturated carbocycles. The summed E-state index contributed by atoms with van der Waals surface area (Å²) in [6, 6.07) is 0. The minimum absolute atomic E-state index is 0.338. The Morgan fingerprint density at radius 1 is 0.875 bits per heavy atom. The number of hydrogen-bond donors (Lipinski definition) is 0. The summed E-state index contributed by atoms with van der Waals surface area (Å²) in [5, 5.41) is 0. The monoisotopic (exact) mass is 222 g/mol. The molecule has 0 N–H and O–H groups in total. The standard InChI is InChI=1S/C15H26O/c1-2-3-4-5-6-7-8-9-12-15-13-10-11-14-16-15/h10-11,13-15H,2-9,12H2,1H3. The van der Waals surface area contributed by atoms with E-state index in [-0.39, 0.29) is 0 Å². The molecule has 16 heavy (non-hydrogen) atoms. The van der Waals surface area contributed by atoms with Crippen molar-refractivity contribution in [2.24, 2.45) is 0 Å². The van der Waals surface area contributed by atoms with E-state index in [2.05, 4.69) is 19.1 Å². The van der Waals surface area contributed by atoms with Gasteiger partial charge in [-0.1, -0.05) is 57.9 Å². The summed E-state index contributed by atoms with van der Waals surface area (Å²) < 4.78 is 5.47. The Labute approximate surface area is 101 Å². The third-order valence-corrected chi connectivity index (χ3v) is 3.11. The first-order valence-electron chi connectivity index (χ1n) is 6.92. The number of hydrogen-bond acceptors (Lipinski definition) is 1. The Kier molecular flexibility index (Phi) is 7.93. The summed E-state index contributed by atoms with van der Waals surface area (Å²) in [5.74, 6) is 0. The van der Waals surface area contributed by atoms with Gasteiger partial charge in [-0.05, 0) is 25.0 Å². The van der Waals surface area contributed by atoms with Crippen molar-refractivity contribution in [1.29, 1.82) is 0 Å². The maximum atomic E-state index is 5.47. The highest BCUT2D eigenvalue weighted by molar-refractivity contribution is 5.07. The molecule has 1 aliphatic heterocycles. The van der Waals surface area contributed by atoms with Crippen LogP contribution in [0.25, 0.3) is 0 Å². The van der Waals surface area contributed by atoms with Crippen LogP contribution in [0, 0.1) is 0 Å². The Bertz CT molecular complexity index is 205. The average Bonchev–Trinajstić information content (AvgIpc) is 2.34. The van der Waals surface area contributed by atoms with Crippen LogP contribution in [0.3, 0.4) is 0 Å². The zero-order valence-electron chi connectivity index (χ0n) is 10.7. The minimum Gasteiger partial charge on any atom is -0.494 e. The summed E-state index contributed by atoms with van der Waals surface area (Å²) in [4.78, 5) is 0. The molecule has 0 saturated heterocycles. The first kappa shape index (κ1) is 13.3. The molecule has 1 nitrogen and oxygen atoms in total. The van der Waals surface area contributed by atoms with E-state index < -0.39 is 0 Å². The SMILES string of the molecule is CCCCCCCCCCC1C=CC=CO1. The van der Waals surface area contributed by atoms with E-state index in [0.717, 1.165) is 0 Å². The third kappa shape index (κ3) is 6.71. The molecule has 92 valence electrons. The van der Waals surface area contributed by atoms with Crippen LogP contribution in [-0.2, 0) is 4.74 Å². The Morgan fingerprint density at radius 2 is 1.56 bits per heavy atom. The second-order valence-corrected chi connectivity index (χ2v) is 4.65. The zero-order valence-corrected chi connectivity index (χ0v) is 10.7. The van der Waals surface area contributed by atoms with E-state index >= 15 is 0 Å². The Morgan fingerprint density at radius 3 is 2.19 bits per heavy atom. The van der Waals surface area contributed by atoms with Crippen molar-refractivity contribution in [3.63, 3.8) is 0 Å². The highest BCUT2D eigenvalue weighted by Gasteiger charge is 2.04. The molecule has 0 aromatic heterocycles. The van der Waals surface area contributed by atoms with Crippen LogP contribution in [0.4, 0.5) is 0 Å². The highest BCUT2D eigenvalue weighted by Crippen LogP contribution is 2.14. The van der Waals surface area contributed by atoms with Crippen molar-refractivity contribution in [2.75, 3.05) is 0 Å². The van der Waals surface area contributed by atoms with Gasteiger partial charge in [-0.15, -0.1) is 0 Å². The smallest absolute Gasteiger partial charge is 0.116 e. The van der Waals surface area contributed by atoms with Crippen molar-refractivity contribution in [3.05, 3.63) is 24.5 Å². The predicted octanol–water partition coefficient (Wildman–Crippen LogP) is 4.99. The molecule has 1 atom stereocenters. The van der Waals surface area contributed by atoms with Crippen LogP contribution in [0.5, 0.6) is 0 Å². The fourth-order valence-corrected chi connectivity index (χ4v) is 2.07. The van der Waals surface area contributed by atoms with Gasteiger partial charge in [-0.3, -0.25) is 0 Å². The van der Waals surface area contributed by atoms with Crippen molar-refractivity contribution in [3.8, 4) is 0 Å². The van der Waals surface area contributed by atoms with E-state index in [4.69, 9.17) is 4.74 Å². The van der Waals surface area contributed by atoms with Gasteiger partial charge in [0.1, 0.15) is 6.10 Å². The molecule has 0 aliphatic carbocycles. The summed E-state index contributed by atoms with van der Waals surface area (Å²) in [5.41, 5.74) is 0. The van der Waals surface area contributed by atoms with E-state index in [1.54, 1.807) is 6.26 Å². The van der Waals surface area contributed by atoms with Gasteiger partial charge in [0, 0.05) is 0 Å². The van der Waals surface area contributed by atoms with E-state index in [1.807, 2.05) is 6.08 Å². The van der Waals surface area contributed by atoms with Gasteiger partial charge in [-0.2, -0.15) is 0 Å². The fourth-order valence-electron chi connectivity index (χ4n) is 2.07. The van der Waals surface area contributed by atoms with Gasteiger partial charge in [-0.25, -0.2) is 0 Å². The molecule has 1 heterocycles. The van der Waals surface area contributed by atoms with Gasteiger partial charge >= 0.3 is 0 Å². The number of ether oxygens (including phenoxy) is 1. The van der Waals surface area contributed by atoms with Gasteiger partial charge in [0.15, 0.2) is 0 Å². The summed E-state index contributed by atoms with van der Waals surface area (Å²) in [6.07, 6.45) is 20.6. The normalized spacial score (nSPS) is 18.7. The largest absolute Gasteiger partial charge is 0.494 e. The van der Waals surface area contributed by atoms with Crippen molar-refractivity contribution in [1.82, 2.24) is 0 Å². The molecule has 0 aromatic rings. The van der Waals surface area contributed by atoms with Gasteiger partial charge in [0.2, 0.25) is 0 Å². The Balaban J connectivity index is 1.81. The number of rotatable bonds is 9. The van der Waals surface area contributed by atoms with Gasteiger partial charge < -0.3 is 4.74 Å². The van der Waals surface area contributed by atoms with Crippen LogP contribution in [0.2, 0.25) is 0 Å².